The highest BCUT2D eigenvalue weighted by Gasteiger charge is 2.33. The van der Waals surface area contributed by atoms with Crippen molar-refractivity contribution in [3.63, 3.8) is 0 Å². The maximum atomic E-state index is 13.0. The van der Waals surface area contributed by atoms with Crippen LogP contribution >= 0.6 is 0 Å². The zero-order valence-corrected chi connectivity index (χ0v) is 16.8. The van der Waals surface area contributed by atoms with E-state index in [1.54, 1.807) is 17.3 Å². The van der Waals surface area contributed by atoms with Gasteiger partial charge in [0.15, 0.2) is 6.61 Å². The molecule has 31 heavy (non-hydrogen) atoms. The second-order valence-corrected chi connectivity index (χ2v) is 7.28. The van der Waals surface area contributed by atoms with Gasteiger partial charge in [-0.15, -0.1) is 0 Å². The Labute approximate surface area is 179 Å². The van der Waals surface area contributed by atoms with Crippen LogP contribution in [0.5, 0.6) is 5.75 Å². The number of halogens is 1. The summed E-state index contributed by atoms with van der Waals surface area (Å²) in [6, 6.07) is 16.6. The molecule has 7 heteroatoms. The third kappa shape index (κ3) is 5.06. The van der Waals surface area contributed by atoms with E-state index >= 15 is 0 Å². The van der Waals surface area contributed by atoms with Crippen molar-refractivity contribution >= 4 is 11.8 Å². The highest BCUT2D eigenvalue weighted by molar-refractivity contribution is 5.89. The molecular formula is C24H22FN3O3. The van der Waals surface area contributed by atoms with E-state index in [1.165, 1.54) is 24.3 Å². The lowest BCUT2D eigenvalue weighted by Crippen LogP contribution is -2.58. The first-order chi connectivity index (χ1) is 15.1. The molecule has 2 amide bonds. The molecular weight excluding hydrogens is 397 g/mol. The zero-order chi connectivity index (χ0) is 21.6. The van der Waals surface area contributed by atoms with Crippen LogP contribution in [0.1, 0.15) is 5.56 Å². The molecule has 0 unspecified atom stereocenters. The maximum absolute atomic E-state index is 13.0. The summed E-state index contributed by atoms with van der Waals surface area (Å²) in [6.07, 6.45) is 3.90. The second kappa shape index (κ2) is 9.38. The standard InChI is InChI=1S/C24H22FN3O3/c25-20-6-8-21(9-7-20)31-16-23(29)28-12-11-27-24(30)22(28)14-17-3-1-4-18(13-17)19-5-2-10-26-15-19/h1-10,13,15,22H,11-12,14,16H2,(H,27,30)/t22-/m0/s1. The molecule has 1 aliphatic heterocycles. The Morgan fingerprint density at radius 1 is 1.13 bits per heavy atom. The minimum Gasteiger partial charge on any atom is -0.484 e. The van der Waals surface area contributed by atoms with E-state index in [-0.39, 0.29) is 24.2 Å². The largest absolute Gasteiger partial charge is 0.484 e. The van der Waals surface area contributed by atoms with Gasteiger partial charge in [0.25, 0.3) is 5.91 Å². The third-order valence-corrected chi connectivity index (χ3v) is 5.18. The Balaban J connectivity index is 1.47. The normalized spacial score (nSPS) is 16.0. The molecule has 0 bridgehead atoms. The van der Waals surface area contributed by atoms with Crippen molar-refractivity contribution in [2.75, 3.05) is 19.7 Å². The van der Waals surface area contributed by atoms with Crippen molar-refractivity contribution in [2.24, 2.45) is 0 Å². The van der Waals surface area contributed by atoms with Crippen LogP contribution in [0.3, 0.4) is 0 Å². The maximum Gasteiger partial charge on any atom is 0.261 e. The van der Waals surface area contributed by atoms with E-state index in [0.29, 0.717) is 25.3 Å². The number of carbonyl (C=O) groups excluding carboxylic acids is 2. The Hall–Kier alpha value is -3.74. The third-order valence-electron chi connectivity index (χ3n) is 5.18. The number of amides is 2. The summed E-state index contributed by atoms with van der Waals surface area (Å²) in [5.74, 6) is -0.447. The van der Waals surface area contributed by atoms with Crippen molar-refractivity contribution in [1.29, 1.82) is 0 Å². The first-order valence-electron chi connectivity index (χ1n) is 10.0. The molecule has 0 aliphatic carbocycles. The van der Waals surface area contributed by atoms with Crippen LogP contribution in [-0.4, -0.2) is 47.4 Å². The molecule has 1 atom stereocenters. The lowest BCUT2D eigenvalue weighted by molar-refractivity contribution is -0.144. The average Bonchev–Trinajstić information content (AvgIpc) is 2.80. The molecule has 6 nitrogen and oxygen atoms in total. The van der Waals surface area contributed by atoms with Crippen LogP contribution in [0.4, 0.5) is 4.39 Å². The molecule has 0 spiro atoms. The van der Waals surface area contributed by atoms with Crippen LogP contribution in [0, 0.1) is 5.82 Å². The fraction of sp³-hybridized carbons (Fsp3) is 0.208. The Kier molecular flexibility index (Phi) is 6.21. The van der Waals surface area contributed by atoms with Gasteiger partial charge in [0.1, 0.15) is 17.6 Å². The Bertz CT molecular complexity index is 1060. The van der Waals surface area contributed by atoms with Gasteiger partial charge in [0.2, 0.25) is 5.91 Å². The summed E-state index contributed by atoms with van der Waals surface area (Å²) in [4.78, 5) is 31.1. The van der Waals surface area contributed by atoms with Gasteiger partial charge in [-0.25, -0.2) is 4.39 Å². The van der Waals surface area contributed by atoms with E-state index in [4.69, 9.17) is 4.74 Å². The molecule has 1 aliphatic rings. The van der Waals surface area contributed by atoms with Gasteiger partial charge < -0.3 is 15.0 Å². The summed E-state index contributed by atoms with van der Waals surface area (Å²) in [6.45, 7) is 0.586. The minimum atomic E-state index is -0.623. The second-order valence-electron chi connectivity index (χ2n) is 7.28. The molecule has 1 aromatic heterocycles. The number of nitrogens with zero attached hydrogens (tertiary/aromatic N) is 2. The number of carbonyl (C=O) groups is 2. The number of benzene rings is 2. The number of piperazine rings is 1. The van der Waals surface area contributed by atoms with Gasteiger partial charge in [0, 0.05) is 31.9 Å². The summed E-state index contributed by atoms with van der Waals surface area (Å²) in [5.41, 5.74) is 2.93. The highest BCUT2D eigenvalue weighted by atomic mass is 19.1. The van der Waals surface area contributed by atoms with Crippen LogP contribution in [0.15, 0.2) is 73.1 Å². The number of pyridine rings is 1. The van der Waals surface area contributed by atoms with E-state index in [2.05, 4.69) is 10.3 Å². The molecule has 158 valence electrons. The monoisotopic (exact) mass is 419 g/mol. The van der Waals surface area contributed by atoms with Gasteiger partial charge in [-0.2, -0.15) is 0 Å². The molecule has 1 saturated heterocycles. The van der Waals surface area contributed by atoms with Crippen molar-refractivity contribution in [1.82, 2.24) is 15.2 Å². The number of ether oxygens (including phenoxy) is 1. The number of rotatable bonds is 6. The highest BCUT2D eigenvalue weighted by Crippen LogP contribution is 2.21. The molecule has 0 radical (unpaired) electrons. The average molecular weight is 419 g/mol. The SMILES string of the molecule is O=C1NCCN(C(=O)COc2ccc(F)cc2)[C@H]1Cc1cccc(-c2cccnc2)c1. The number of hydrogen-bond acceptors (Lipinski definition) is 4. The van der Waals surface area contributed by atoms with Crippen molar-refractivity contribution in [3.05, 3.63) is 84.4 Å². The first-order valence-corrected chi connectivity index (χ1v) is 10.0. The summed E-state index contributed by atoms with van der Waals surface area (Å²) < 4.78 is 18.5. The van der Waals surface area contributed by atoms with Gasteiger partial charge >= 0.3 is 0 Å². The minimum absolute atomic E-state index is 0.187. The number of hydrogen-bond donors (Lipinski definition) is 1. The summed E-state index contributed by atoms with van der Waals surface area (Å²) in [5, 5.41) is 2.84. The van der Waals surface area contributed by atoms with Crippen molar-refractivity contribution < 1.29 is 18.7 Å². The van der Waals surface area contributed by atoms with Gasteiger partial charge in [-0.1, -0.05) is 30.3 Å². The van der Waals surface area contributed by atoms with E-state index < -0.39 is 6.04 Å². The van der Waals surface area contributed by atoms with Gasteiger partial charge in [-0.3, -0.25) is 14.6 Å². The van der Waals surface area contributed by atoms with E-state index in [0.717, 1.165) is 16.7 Å². The molecule has 2 aromatic carbocycles. The molecule has 1 fully saturated rings. The Morgan fingerprint density at radius 3 is 2.71 bits per heavy atom. The van der Waals surface area contributed by atoms with Crippen molar-refractivity contribution in [3.8, 4) is 16.9 Å². The van der Waals surface area contributed by atoms with Crippen LogP contribution < -0.4 is 10.1 Å². The predicted octanol–water partition coefficient (Wildman–Crippen LogP) is 2.84. The first kappa shape index (κ1) is 20.5. The number of nitrogens with one attached hydrogen (secondary N) is 1. The van der Waals surface area contributed by atoms with Crippen LogP contribution in [-0.2, 0) is 16.0 Å². The molecule has 0 saturated carbocycles. The zero-order valence-electron chi connectivity index (χ0n) is 16.8. The fourth-order valence-electron chi connectivity index (χ4n) is 3.61. The summed E-state index contributed by atoms with van der Waals surface area (Å²) >= 11 is 0. The predicted molar refractivity (Wildman–Crippen MR) is 114 cm³/mol. The molecule has 2 heterocycles. The lowest BCUT2D eigenvalue weighted by atomic mass is 9.98. The van der Waals surface area contributed by atoms with Crippen LogP contribution in [0.2, 0.25) is 0 Å². The summed E-state index contributed by atoms with van der Waals surface area (Å²) in [7, 11) is 0. The van der Waals surface area contributed by atoms with E-state index in [1.807, 2.05) is 36.4 Å². The van der Waals surface area contributed by atoms with Gasteiger partial charge in [-0.05, 0) is 47.0 Å². The van der Waals surface area contributed by atoms with Crippen LogP contribution in [0.25, 0.3) is 11.1 Å². The number of aromatic nitrogens is 1. The fourth-order valence-corrected chi connectivity index (χ4v) is 3.61. The lowest BCUT2D eigenvalue weighted by Gasteiger charge is -2.35. The molecule has 1 N–H and O–H groups in total. The molecule has 3 aromatic rings. The quantitative estimate of drug-likeness (QED) is 0.667. The molecule has 4 rings (SSSR count). The smallest absolute Gasteiger partial charge is 0.261 e. The van der Waals surface area contributed by atoms with Gasteiger partial charge in [0.05, 0.1) is 0 Å². The topological polar surface area (TPSA) is 71.5 Å². The van der Waals surface area contributed by atoms with Crippen molar-refractivity contribution in [2.45, 2.75) is 12.5 Å². The Morgan fingerprint density at radius 2 is 1.94 bits per heavy atom. The van der Waals surface area contributed by atoms with E-state index in [9.17, 15) is 14.0 Å².